The number of quaternary nitrogens is 1. The molecule has 11 heteroatoms. The Morgan fingerprint density at radius 3 is 2.09 bits per heavy atom. The molecule has 1 saturated heterocycles. The molecular formula is C24H41ClN2O7S. The Labute approximate surface area is 215 Å². The van der Waals surface area contributed by atoms with Crippen molar-refractivity contribution in [3.05, 3.63) is 29.8 Å². The van der Waals surface area contributed by atoms with Crippen molar-refractivity contribution in [2.24, 2.45) is 5.41 Å². The van der Waals surface area contributed by atoms with E-state index in [-0.39, 0.29) is 16.2 Å². The number of carbonyl (C=O) groups is 1. The second-order valence-corrected chi connectivity index (χ2v) is 11.8. The van der Waals surface area contributed by atoms with Crippen LogP contribution in [0, 0.1) is 12.3 Å². The number of nitrogens with zero attached hydrogens (tertiary/aromatic N) is 2. The number of likely N-dealkylation sites (N-methyl/N-ethyl adjacent to an activating group) is 1. The van der Waals surface area contributed by atoms with Crippen molar-refractivity contribution >= 4 is 27.6 Å². The summed E-state index contributed by atoms with van der Waals surface area (Å²) in [5.74, 6) is 0.0612. The average molecular weight is 537 g/mol. The molecule has 1 aromatic rings. The fourth-order valence-corrected chi connectivity index (χ4v) is 3.99. The molecule has 0 spiro atoms. The lowest BCUT2D eigenvalue weighted by molar-refractivity contribution is -0.890. The van der Waals surface area contributed by atoms with Gasteiger partial charge in [-0.15, -0.1) is 11.6 Å². The van der Waals surface area contributed by atoms with Crippen LogP contribution in [-0.2, 0) is 29.1 Å². The predicted molar refractivity (Wildman–Crippen MR) is 135 cm³/mol. The number of amides is 1. The van der Waals surface area contributed by atoms with Gasteiger partial charge in [-0.2, -0.15) is 0 Å². The summed E-state index contributed by atoms with van der Waals surface area (Å²) < 4.78 is 47.8. The summed E-state index contributed by atoms with van der Waals surface area (Å²) in [5, 5.41) is -0.408. The zero-order valence-corrected chi connectivity index (χ0v) is 23.4. The Hall–Kier alpha value is -1.27. The van der Waals surface area contributed by atoms with E-state index < -0.39 is 15.5 Å². The van der Waals surface area contributed by atoms with E-state index in [1.54, 1.807) is 19.2 Å². The van der Waals surface area contributed by atoms with Crippen LogP contribution < -0.4 is 0 Å². The van der Waals surface area contributed by atoms with Crippen LogP contribution in [0.1, 0.15) is 19.4 Å². The number of hydrogen-bond donors (Lipinski definition) is 0. The largest absolute Gasteiger partial charge is 0.744 e. The number of rotatable bonds is 13. The lowest BCUT2D eigenvalue weighted by atomic mass is 9.92. The topological polar surface area (TPSA) is 105 Å². The molecule has 1 heterocycles. The third kappa shape index (κ3) is 12.0. The first-order valence-corrected chi connectivity index (χ1v) is 13.5. The molecule has 2 rings (SSSR count). The first-order valence-electron chi connectivity index (χ1n) is 11.6. The number of alkyl halides is 1. The third-order valence-corrected chi connectivity index (χ3v) is 7.37. The van der Waals surface area contributed by atoms with Crippen LogP contribution in [-0.4, -0.2) is 114 Å². The fourth-order valence-electron chi connectivity index (χ4n) is 3.32. The minimum atomic E-state index is -4.27. The fraction of sp³-hybridized carbons (Fsp3) is 0.708. The molecular weight excluding hydrogens is 496 g/mol. The number of carbonyl (C=O) groups excluding carboxylic acids is 1. The van der Waals surface area contributed by atoms with Gasteiger partial charge < -0.3 is 28.1 Å². The molecule has 0 saturated carbocycles. The van der Waals surface area contributed by atoms with Gasteiger partial charge >= 0.3 is 0 Å². The molecule has 1 unspecified atom stereocenters. The summed E-state index contributed by atoms with van der Waals surface area (Å²) in [6, 6.07) is 5.78. The molecule has 1 amide bonds. The lowest BCUT2D eigenvalue weighted by Crippen LogP contribution is -2.48. The molecule has 1 aliphatic rings. The molecule has 0 N–H and O–H groups in total. The maximum Gasteiger partial charge on any atom is 0.241 e. The number of methoxy groups -OCH3 is 1. The van der Waals surface area contributed by atoms with Gasteiger partial charge in [-0.3, -0.25) is 4.79 Å². The van der Waals surface area contributed by atoms with Gasteiger partial charge in [0.1, 0.15) is 22.0 Å². The van der Waals surface area contributed by atoms with Gasteiger partial charge in [-0.25, -0.2) is 8.42 Å². The van der Waals surface area contributed by atoms with Crippen LogP contribution in [0.3, 0.4) is 0 Å². The zero-order valence-electron chi connectivity index (χ0n) is 21.8. The van der Waals surface area contributed by atoms with Gasteiger partial charge in [0.15, 0.2) is 0 Å². The van der Waals surface area contributed by atoms with Gasteiger partial charge in [-0.05, 0) is 19.1 Å². The molecule has 9 nitrogen and oxygen atoms in total. The third-order valence-electron chi connectivity index (χ3n) is 5.74. The minimum Gasteiger partial charge on any atom is -0.744 e. The maximum atomic E-state index is 12.2. The zero-order chi connectivity index (χ0) is 26.7. The van der Waals surface area contributed by atoms with Gasteiger partial charge in [0.25, 0.3) is 0 Å². The first kappa shape index (κ1) is 31.8. The summed E-state index contributed by atoms with van der Waals surface area (Å²) >= 11 is 6.23. The van der Waals surface area contributed by atoms with Crippen molar-refractivity contribution in [1.82, 2.24) is 4.90 Å². The molecule has 35 heavy (non-hydrogen) atoms. The van der Waals surface area contributed by atoms with Crippen LogP contribution >= 0.6 is 11.6 Å². The highest BCUT2D eigenvalue weighted by molar-refractivity contribution is 7.85. The van der Waals surface area contributed by atoms with Crippen LogP contribution in [0.2, 0.25) is 0 Å². The highest BCUT2D eigenvalue weighted by Crippen LogP contribution is 2.34. The average Bonchev–Trinajstić information content (AvgIpc) is 2.97. The van der Waals surface area contributed by atoms with Crippen LogP contribution in [0.25, 0.3) is 0 Å². The van der Waals surface area contributed by atoms with Crippen molar-refractivity contribution in [2.75, 3.05) is 80.4 Å². The molecule has 202 valence electrons. The number of aryl methyl sites for hydroxylation is 1. The van der Waals surface area contributed by atoms with Gasteiger partial charge in [-0.1, -0.05) is 31.5 Å². The van der Waals surface area contributed by atoms with Gasteiger partial charge in [0.2, 0.25) is 5.91 Å². The summed E-state index contributed by atoms with van der Waals surface area (Å²) in [6.45, 7) is 12.2. The summed E-state index contributed by atoms with van der Waals surface area (Å²) in [6.07, 6.45) is 0. The minimum absolute atomic E-state index is 0.0612. The Kier molecular flexibility index (Phi) is 13.1. The second-order valence-electron chi connectivity index (χ2n) is 9.98. The molecule has 0 bridgehead atoms. The summed E-state index contributed by atoms with van der Waals surface area (Å²) in [4.78, 5) is 13.9. The van der Waals surface area contributed by atoms with E-state index in [4.69, 9.17) is 25.8 Å². The van der Waals surface area contributed by atoms with Crippen molar-refractivity contribution in [2.45, 2.75) is 31.0 Å². The number of ether oxygens (including phenoxy) is 3. The van der Waals surface area contributed by atoms with Crippen molar-refractivity contribution in [1.29, 1.82) is 0 Å². The van der Waals surface area contributed by atoms with E-state index in [0.29, 0.717) is 33.0 Å². The molecule has 0 aromatic heterocycles. The van der Waals surface area contributed by atoms with E-state index in [0.717, 1.165) is 36.2 Å². The van der Waals surface area contributed by atoms with Crippen molar-refractivity contribution < 1.29 is 36.5 Å². The Bertz CT molecular complexity index is 876. The van der Waals surface area contributed by atoms with Crippen LogP contribution in [0.4, 0.5) is 0 Å². The predicted octanol–water partition coefficient (Wildman–Crippen LogP) is 2.12. The van der Waals surface area contributed by atoms with E-state index >= 15 is 0 Å². The molecule has 0 radical (unpaired) electrons. The quantitative estimate of drug-likeness (QED) is 0.164. The van der Waals surface area contributed by atoms with Crippen LogP contribution in [0.5, 0.6) is 0 Å². The highest BCUT2D eigenvalue weighted by atomic mass is 35.5. The highest BCUT2D eigenvalue weighted by Gasteiger charge is 2.45. The second kappa shape index (κ2) is 14.5. The van der Waals surface area contributed by atoms with E-state index in [2.05, 4.69) is 14.1 Å². The Balaban J connectivity index is 0.000000462. The number of hydrogen-bond acceptors (Lipinski definition) is 7. The van der Waals surface area contributed by atoms with E-state index in [9.17, 15) is 17.8 Å². The SMILES string of the molecule is COCCOCCOCC[N+](C)(C)CCN1CC(C)(C)C(Cl)C1=O.Cc1ccc(S(=O)(=O)[O-])cc1. The number of halogens is 1. The molecule has 1 aromatic carbocycles. The first-order chi connectivity index (χ1) is 16.2. The molecule has 0 aliphatic carbocycles. The Morgan fingerprint density at radius 1 is 1.06 bits per heavy atom. The number of benzene rings is 1. The lowest BCUT2D eigenvalue weighted by Gasteiger charge is -2.31. The Morgan fingerprint density at radius 2 is 1.60 bits per heavy atom. The van der Waals surface area contributed by atoms with Crippen molar-refractivity contribution in [3.63, 3.8) is 0 Å². The van der Waals surface area contributed by atoms with Gasteiger partial charge in [0.05, 0.1) is 65.1 Å². The maximum absolute atomic E-state index is 12.2. The molecule has 1 fully saturated rings. The molecule has 1 aliphatic heterocycles. The van der Waals surface area contributed by atoms with Gasteiger partial charge in [0, 0.05) is 19.1 Å². The molecule has 1 atom stereocenters. The van der Waals surface area contributed by atoms with Crippen LogP contribution in [0.15, 0.2) is 29.2 Å². The summed E-state index contributed by atoms with van der Waals surface area (Å²) in [7, 11) is 1.70. The van der Waals surface area contributed by atoms with Crippen molar-refractivity contribution in [3.8, 4) is 0 Å². The number of likely N-dealkylation sites (tertiary alicyclic amines) is 1. The van der Waals surface area contributed by atoms with E-state index in [1.807, 2.05) is 25.7 Å². The monoisotopic (exact) mass is 536 g/mol. The summed E-state index contributed by atoms with van der Waals surface area (Å²) in [5.41, 5.74) is 0.777. The smallest absolute Gasteiger partial charge is 0.241 e. The normalized spacial score (nSPS) is 17.9. The standard InChI is InChI=1S/C17H34ClN2O4.C7H8O3S/c1-17(2)14-19(16(21)15(17)18)6-7-20(3,4)8-9-23-12-13-24-11-10-22-5;1-6-2-4-7(5-3-6)11(8,9)10/h15H,6-14H2,1-5H3;2-5H,1H3,(H,8,9,10)/q+1;/p-1. The van der Waals surface area contributed by atoms with E-state index in [1.165, 1.54) is 12.1 Å².